The number of allylic oxidation sites excluding steroid dienone is 2. The number of fused-ring (bicyclic) bond motifs is 2. The second-order valence-corrected chi connectivity index (χ2v) is 6.55. The van der Waals surface area contributed by atoms with E-state index in [4.69, 9.17) is 4.74 Å². The fourth-order valence-electron chi connectivity index (χ4n) is 3.39. The summed E-state index contributed by atoms with van der Waals surface area (Å²) >= 11 is 0. The molecule has 3 aromatic rings. The summed E-state index contributed by atoms with van der Waals surface area (Å²) in [4.78, 5) is 0. The number of nitrogens with one attached hydrogen (secondary N) is 1. The lowest BCUT2D eigenvalue weighted by Gasteiger charge is -2.24. The molecule has 0 aliphatic carbocycles. The Labute approximate surface area is 154 Å². The number of para-hydroxylation sites is 1. The summed E-state index contributed by atoms with van der Waals surface area (Å²) in [5, 5.41) is 5.96. The van der Waals surface area contributed by atoms with Crippen LogP contribution in [0.4, 0.5) is 0 Å². The van der Waals surface area contributed by atoms with Crippen LogP contribution < -0.4 is 10.1 Å². The number of rotatable bonds is 4. The number of hydrogen-bond acceptors (Lipinski definition) is 2. The zero-order chi connectivity index (χ0) is 18.1. The molecule has 0 unspecified atom stereocenters. The summed E-state index contributed by atoms with van der Waals surface area (Å²) < 4.78 is 6.03. The van der Waals surface area contributed by atoms with Gasteiger partial charge in [0.1, 0.15) is 5.75 Å². The quantitative estimate of drug-likeness (QED) is 0.630. The molecule has 0 radical (unpaired) electrons. The van der Waals surface area contributed by atoms with Crippen molar-refractivity contribution >= 4 is 16.3 Å². The maximum Gasteiger partial charge on any atom is 0.150 e. The van der Waals surface area contributed by atoms with Crippen LogP contribution in [-0.4, -0.2) is 0 Å². The smallest absolute Gasteiger partial charge is 0.150 e. The van der Waals surface area contributed by atoms with Gasteiger partial charge in [0, 0.05) is 11.6 Å². The van der Waals surface area contributed by atoms with Crippen LogP contribution in [0.1, 0.15) is 24.1 Å². The summed E-state index contributed by atoms with van der Waals surface area (Å²) in [6.07, 6.45) is 1.94. The molecule has 0 fully saturated rings. The molecule has 0 aromatic heterocycles. The van der Waals surface area contributed by atoms with Crippen molar-refractivity contribution in [3.8, 4) is 5.75 Å². The zero-order valence-corrected chi connectivity index (χ0v) is 14.8. The second kappa shape index (κ2) is 6.57. The van der Waals surface area contributed by atoms with Crippen molar-refractivity contribution < 1.29 is 4.74 Å². The molecule has 0 bridgehead atoms. The maximum absolute atomic E-state index is 6.03. The maximum atomic E-state index is 6.03. The van der Waals surface area contributed by atoms with E-state index in [2.05, 4.69) is 67.9 Å². The van der Waals surface area contributed by atoms with Crippen LogP contribution in [0.2, 0.25) is 0 Å². The first-order valence-electron chi connectivity index (χ1n) is 8.75. The SMILES string of the molecule is C=C(N[C@H](C)c1cccc2ccccc12)C1=CC(=C)c2ccccc2O1. The van der Waals surface area contributed by atoms with Crippen LogP contribution >= 0.6 is 0 Å². The highest BCUT2D eigenvalue weighted by Crippen LogP contribution is 2.34. The van der Waals surface area contributed by atoms with Gasteiger partial charge in [-0.05, 0) is 41.0 Å². The third-order valence-corrected chi connectivity index (χ3v) is 4.74. The predicted octanol–water partition coefficient (Wildman–Crippen LogP) is 5.99. The third kappa shape index (κ3) is 2.91. The Hall–Kier alpha value is -3.26. The molecule has 2 nitrogen and oxygen atoms in total. The van der Waals surface area contributed by atoms with Crippen molar-refractivity contribution in [2.75, 3.05) is 0 Å². The topological polar surface area (TPSA) is 21.3 Å². The van der Waals surface area contributed by atoms with Crippen molar-refractivity contribution in [2.45, 2.75) is 13.0 Å². The van der Waals surface area contributed by atoms with Crippen molar-refractivity contribution in [3.05, 3.63) is 109 Å². The molecular formula is C24H21NO. The van der Waals surface area contributed by atoms with Gasteiger partial charge in [0.2, 0.25) is 0 Å². The van der Waals surface area contributed by atoms with Crippen molar-refractivity contribution in [1.29, 1.82) is 0 Å². The molecule has 128 valence electrons. The molecule has 0 amide bonds. The summed E-state index contributed by atoms with van der Waals surface area (Å²) in [6, 6.07) is 22.8. The molecule has 1 aliphatic heterocycles. The normalized spacial score (nSPS) is 14.2. The molecule has 3 aromatic carbocycles. The Bertz CT molecular complexity index is 1040. The molecule has 1 heterocycles. The van der Waals surface area contributed by atoms with Gasteiger partial charge in [-0.1, -0.05) is 73.8 Å². The number of benzene rings is 3. The molecule has 26 heavy (non-hydrogen) atoms. The van der Waals surface area contributed by atoms with E-state index in [1.165, 1.54) is 16.3 Å². The standard InChI is InChI=1S/C24H21NO/c1-16-15-24(26-23-14-7-6-11-20(16)23)18(3)25-17(2)21-13-8-10-19-9-4-5-12-22(19)21/h4-15,17,25H,1,3H2,2H3/t17-/m1/s1. The highest BCUT2D eigenvalue weighted by Gasteiger charge is 2.18. The van der Waals surface area contributed by atoms with Crippen LogP contribution in [0.25, 0.3) is 16.3 Å². The summed E-state index contributed by atoms with van der Waals surface area (Å²) in [5.41, 5.74) is 3.94. The Kier molecular flexibility index (Phi) is 4.10. The van der Waals surface area contributed by atoms with E-state index in [9.17, 15) is 0 Å². The van der Waals surface area contributed by atoms with E-state index in [1.54, 1.807) is 0 Å². The third-order valence-electron chi connectivity index (χ3n) is 4.74. The first-order chi connectivity index (χ1) is 12.6. The summed E-state index contributed by atoms with van der Waals surface area (Å²) in [5.74, 6) is 1.52. The van der Waals surface area contributed by atoms with Gasteiger partial charge < -0.3 is 10.1 Å². The molecule has 1 N–H and O–H groups in total. The lowest BCUT2D eigenvalue weighted by molar-refractivity contribution is 0.417. The van der Waals surface area contributed by atoms with Crippen LogP contribution in [0.15, 0.2) is 97.4 Å². The molecule has 1 aliphatic rings. The van der Waals surface area contributed by atoms with E-state index in [0.717, 1.165) is 22.6 Å². The van der Waals surface area contributed by atoms with Crippen LogP contribution in [0.5, 0.6) is 5.75 Å². The highest BCUT2D eigenvalue weighted by atomic mass is 16.5. The Morgan fingerprint density at radius 1 is 0.962 bits per heavy atom. The van der Waals surface area contributed by atoms with Gasteiger partial charge in [-0.25, -0.2) is 0 Å². The fourth-order valence-corrected chi connectivity index (χ4v) is 3.39. The van der Waals surface area contributed by atoms with Crippen LogP contribution in [0, 0.1) is 0 Å². The Morgan fingerprint density at radius 2 is 1.69 bits per heavy atom. The van der Waals surface area contributed by atoms with Gasteiger partial charge in [-0.15, -0.1) is 0 Å². The van der Waals surface area contributed by atoms with Gasteiger partial charge in [0.25, 0.3) is 0 Å². The van der Waals surface area contributed by atoms with Crippen molar-refractivity contribution in [3.63, 3.8) is 0 Å². The van der Waals surface area contributed by atoms with Crippen LogP contribution in [-0.2, 0) is 0 Å². The lowest BCUT2D eigenvalue weighted by atomic mass is 9.99. The Balaban J connectivity index is 1.58. The fraction of sp³-hybridized carbons (Fsp3) is 0.0833. The van der Waals surface area contributed by atoms with Gasteiger partial charge in [0.15, 0.2) is 5.76 Å². The van der Waals surface area contributed by atoms with E-state index in [1.807, 2.05) is 30.3 Å². The molecule has 4 rings (SSSR count). The molecule has 2 heteroatoms. The molecular weight excluding hydrogens is 318 g/mol. The molecule has 0 spiro atoms. The largest absolute Gasteiger partial charge is 0.455 e. The lowest BCUT2D eigenvalue weighted by Crippen LogP contribution is -2.21. The average molecular weight is 339 g/mol. The van der Waals surface area contributed by atoms with Crippen molar-refractivity contribution in [1.82, 2.24) is 5.32 Å². The second-order valence-electron chi connectivity index (χ2n) is 6.55. The summed E-state index contributed by atoms with van der Waals surface area (Å²) in [6.45, 7) is 10.5. The van der Waals surface area contributed by atoms with E-state index in [0.29, 0.717) is 5.76 Å². The number of hydrogen-bond donors (Lipinski definition) is 1. The van der Waals surface area contributed by atoms with Gasteiger partial charge in [-0.2, -0.15) is 0 Å². The Morgan fingerprint density at radius 3 is 2.58 bits per heavy atom. The van der Waals surface area contributed by atoms with Crippen molar-refractivity contribution in [2.24, 2.45) is 0 Å². The first-order valence-corrected chi connectivity index (χ1v) is 8.75. The van der Waals surface area contributed by atoms with E-state index >= 15 is 0 Å². The van der Waals surface area contributed by atoms with Gasteiger partial charge >= 0.3 is 0 Å². The highest BCUT2D eigenvalue weighted by molar-refractivity contribution is 5.86. The van der Waals surface area contributed by atoms with E-state index < -0.39 is 0 Å². The summed E-state index contributed by atoms with van der Waals surface area (Å²) in [7, 11) is 0. The minimum absolute atomic E-state index is 0.100. The molecule has 1 atom stereocenters. The van der Waals surface area contributed by atoms with Gasteiger partial charge in [0.05, 0.1) is 5.70 Å². The minimum Gasteiger partial charge on any atom is -0.455 e. The molecule has 0 saturated heterocycles. The molecule has 0 saturated carbocycles. The van der Waals surface area contributed by atoms with E-state index in [-0.39, 0.29) is 6.04 Å². The monoisotopic (exact) mass is 339 g/mol. The zero-order valence-electron chi connectivity index (χ0n) is 14.8. The van der Waals surface area contributed by atoms with Crippen LogP contribution in [0.3, 0.4) is 0 Å². The number of ether oxygens (including phenoxy) is 1. The minimum atomic E-state index is 0.100. The first kappa shape index (κ1) is 16.2. The van der Waals surface area contributed by atoms with Gasteiger partial charge in [-0.3, -0.25) is 0 Å². The average Bonchev–Trinajstić information content (AvgIpc) is 2.67. The predicted molar refractivity (Wildman–Crippen MR) is 109 cm³/mol.